The molecular formula is C11H19N3. The van der Waals surface area contributed by atoms with Gasteiger partial charge in [0, 0.05) is 31.0 Å². The molecular weight excluding hydrogens is 174 g/mol. The topological polar surface area (TPSA) is 31.1 Å². The van der Waals surface area contributed by atoms with E-state index in [9.17, 15) is 0 Å². The first kappa shape index (κ1) is 9.74. The first-order valence-electron chi connectivity index (χ1n) is 5.39. The summed E-state index contributed by atoms with van der Waals surface area (Å²) in [7, 11) is 2.18. The maximum absolute atomic E-state index is 3.52. The maximum atomic E-state index is 3.52. The van der Waals surface area contributed by atoms with Crippen molar-refractivity contribution in [3.63, 3.8) is 0 Å². The molecule has 1 fully saturated rings. The lowest BCUT2D eigenvalue weighted by Gasteiger charge is -2.20. The summed E-state index contributed by atoms with van der Waals surface area (Å²) in [5.74, 6) is 0. The molecule has 1 aliphatic rings. The zero-order valence-corrected chi connectivity index (χ0v) is 8.79. The number of aromatic amines is 1. The van der Waals surface area contributed by atoms with Crippen LogP contribution in [0.3, 0.4) is 0 Å². The van der Waals surface area contributed by atoms with Crippen LogP contribution in [0.1, 0.15) is 18.5 Å². The van der Waals surface area contributed by atoms with E-state index in [-0.39, 0.29) is 0 Å². The molecule has 2 heterocycles. The lowest BCUT2D eigenvalue weighted by atomic mass is 10.2. The van der Waals surface area contributed by atoms with Crippen molar-refractivity contribution in [3.8, 4) is 0 Å². The standard InChI is InChI=1S/C11H19N3/c1-14(8-10-4-2-6-12-10)9-11-5-3-7-13-11/h2,4,6,11-13H,3,5,7-9H2,1H3. The minimum Gasteiger partial charge on any atom is -0.364 e. The molecule has 0 bridgehead atoms. The molecule has 1 aromatic rings. The van der Waals surface area contributed by atoms with Gasteiger partial charge in [-0.2, -0.15) is 0 Å². The number of hydrogen-bond acceptors (Lipinski definition) is 2. The minimum absolute atomic E-state index is 0.704. The van der Waals surface area contributed by atoms with Crippen LogP contribution >= 0.6 is 0 Å². The molecule has 1 unspecified atom stereocenters. The maximum Gasteiger partial charge on any atom is 0.0382 e. The second kappa shape index (κ2) is 4.62. The number of H-pyrrole nitrogens is 1. The van der Waals surface area contributed by atoms with Gasteiger partial charge in [-0.15, -0.1) is 0 Å². The molecule has 1 aliphatic heterocycles. The van der Waals surface area contributed by atoms with Crippen LogP contribution in [0, 0.1) is 0 Å². The summed E-state index contributed by atoms with van der Waals surface area (Å²) in [5, 5.41) is 3.52. The molecule has 0 radical (unpaired) electrons. The van der Waals surface area contributed by atoms with Crippen LogP contribution in [-0.4, -0.2) is 36.1 Å². The predicted molar refractivity (Wildman–Crippen MR) is 58.2 cm³/mol. The lowest BCUT2D eigenvalue weighted by Crippen LogP contribution is -2.34. The van der Waals surface area contributed by atoms with Gasteiger partial charge in [0.05, 0.1) is 0 Å². The molecule has 2 rings (SSSR count). The van der Waals surface area contributed by atoms with Gasteiger partial charge in [-0.05, 0) is 38.6 Å². The summed E-state index contributed by atoms with van der Waals surface area (Å²) in [5.41, 5.74) is 1.30. The van der Waals surface area contributed by atoms with Crippen LogP contribution in [-0.2, 0) is 6.54 Å². The van der Waals surface area contributed by atoms with Gasteiger partial charge in [-0.1, -0.05) is 0 Å². The van der Waals surface area contributed by atoms with Crippen molar-refractivity contribution in [2.45, 2.75) is 25.4 Å². The number of likely N-dealkylation sites (N-methyl/N-ethyl adjacent to an activating group) is 1. The van der Waals surface area contributed by atoms with E-state index in [1.807, 2.05) is 6.20 Å². The van der Waals surface area contributed by atoms with Gasteiger partial charge < -0.3 is 10.3 Å². The zero-order chi connectivity index (χ0) is 9.80. The van der Waals surface area contributed by atoms with Crippen molar-refractivity contribution in [3.05, 3.63) is 24.0 Å². The molecule has 0 aliphatic carbocycles. The van der Waals surface area contributed by atoms with E-state index < -0.39 is 0 Å². The summed E-state index contributed by atoms with van der Waals surface area (Å²) in [6.45, 7) is 3.37. The Hall–Kier alpha value is -0.800. The number of rotatable bonds is 4. The Labute approximate surface area is 85.5 Å². The molecule has 1 atom stereocenters. The van der Waals surface area contributed by atoms with Gasteiger partial charge in [0.1, 0.15) is 0 Å². The highest BCUT2D eigenvalue weighted by Crippen LogP contribution is 2.07. The van der Waals surface area contributed by atoms with Gasteiger partial charge >= 0.3 is 0 Å². The van der Waals surface area contributed by atoms with Crippen molar-refractivity contribution < 1.29 is 0 Å². The molecule has 14 heavy (non-hydrogen) atoms. The molecule has 0 spiro atoms. The average molecular weight is 193 g/mol. The fraction of sp³-hybridized carbons (Fsp3) is 0.636. The number of nitrogens with zero attached hydrogens (tertiary/aromatic N) is 1. The Morgan fingerprint density at radius 2 is 2.50 bits per heavy atom. The van der Waals surface area contributed by atoms with E-state index in [4.69, 9.17) is 0 Å². The predicted octanol–water partition coefficient (Wildman–Crippen LogP) is 1.20. The Morgan fingerprint density at radius 1 is 1.57 bits per heavy atom. The van der Waals surface area contributed by atoms with Gasteiger partial charge in [-0.25, -0.2) is 0 Å². The fourth-order valence-corrected chi connectivity index (χ4v) is 2.11. The van der Waals surface area contributed by atoms with Gasteiger partial charge in [0.15, 0.2) is 0 Å². The normalized spacial score (nSPS) is 22.0. The molecule has 1 saturated heterocycles. The van der Waals surface area contributed by atoms with Crippen molar-refractivity contribution in [2.75, 3.05) is 20.1 Å². The third kappa shape index (κ3) is 2.59. The summed E-state index contributed by atoms with van der Waals surface area (Å²) in [6.07, 6.45) is 4.65. The fourth-order valence-electron chi connectivity index (χ4n) is 2.11. The van der Waals surface area contributed by atoms with E-state index in [1.165, 1.54) is 25.1 Å². The Kier molecular flexibility index (Phi) is 3.22. The molecule has 1 aromatic heterocycles. The van der Waals surface area contributed by atoms with E-state index in [1.54, 1.807) is 0 Å². The summed E-state index contributed by atoms with van der Waals surface area (Å²) >= 11 is 0. The second-order valence-corrected chi connectivity index (χ2v) is 4.19. The molecule has 3 nitrogen and oxygen atoms in total. The molecule has 0 saturated carbocycles. The van der Waals surface area contributed by atoms with E-state index in [0.29, 0.717) is 6.04 Å². The van der Waals surface area contributed by atoms with Gasteiger partial charge in [0.25, 0.3) is 0 Å². The first-order chi connectivity index (χ1) is 6.84. The van der Waals surface area contributed by atoms with Gasteiger partial charge in [0.2, 0.25) is 0 Å². The van der Waals surface area contributed by atoms with Crippen LogP contribution in [0.4, 0.5) is 0 Å². The third-order valence-corrected chi connectivity index (χ3v) is 2.80. The van der Waals surface area contributed by atoms with Crippen molar-refractivity contribution in [1.82, 2.24) is 15.2 Å². The summed E-state index contributed by atoms with van der Waals surface area (Å²) < 4.78 is 0. The van der Waals surface area contributed by atoms with E-state index in [2.05, 4.69) is 34.4 Å². The Morgan fingerprint density at radius 3 is 3.14 bits per heavy atom. The molecule has 2 N–H and O–H groups in total. The van der Waals surface area contributed by atoms with E-state index >= 15 is 0 Å². The minimum atomic E-state index is 0.704. The van der Waals surface area contributed by atoms with Crippen molar-refractivity contribution in [2.24, 2.45) is 0 Å². The van der Waals surface area contributed by atoms with E-state index in [0.717, 1.165) is 13.1 Å². The lowest BCUT2D eigenvalue weighted by molar-refractivity contribution is 0.290. The molecule has 0 aromatic carbocycles. The van der Waals surface area contributed by atoms with Crippen molar-refractivity contribution >= 4 is 0 Å². The highest BCUT2D eigenvalue weighted by molar-refractivity contribution is 5.03. The van der Waals surface area contributed by atoms with Gasteiger partial charge in [-0.3, -0.25) is 4.90 Å². The monoisotopic (exact) mass is 193 g/mol. The molecule has 78 valence electrons. The highest BCUT2D eigenvalue weighted by Gasteiger charge is 2.15. The molecule has 0 amide bonds. The average Bonchev–Trinajstić information content (AvgIpc) is 2.76. The van der Waals surface area contributed by atoms with Crippen LogP contribution in [0.2, 0.25) is 0 Å². The van der Waals surface area contributed by atoms with Crippen LogP contribution < -0.4 is 5.32 Å². The largest absolute Gasteiger partial charge is 0.364 e. The Balaban J connectivity index is 1.75. The highest BCUT2D eigenvalue weighted by atomic mass is 15.1. The van der Waals surface area contributed by atoms with Crippen LogP contribution in [0.15, 0.2) is 18.3 Å². The quantitative estimate of drug-likeness (QED) is 0.753. The summed E-state index contributed by atoms with van der Waals surface area (Å²) in [4.78, 5) is 5.60. The Bertz CT molecular complexity index is 250. The van der Waals surface area contributed by atoms with Crippen LogP contribution in [0.25, 0.3) is 0 Å². The third-order valence-electron chi connectivity index (χ3n) is 2.80. The number of hydrogen-bond donors (Lipinski definition) is 2. The number of nitrogens with one attached hydrogen (secondary N) is 2. The smallest absolute Gasteiger partial charge is 0.0382 e. The second-order valence-electron chi connectivity index (χ2n) is 4.19. The number of aromatic nitrogens is 1. The van der Waals surface area contributed by atoms with Crippen molar-refractivity contribution in [1.29, 1.82) is 0 Å². The SMILES string of the molecule is CN(Cc1ccc[nH]1)CC1CCCN1. The molecule has 3 heteroatoms. The first-order valence-corrected chi connectivity index (χ1v) is 5.39. The summed E-state index contributed by atoms with van der Waals surface area (Å²) in [6, 6.07) is 4.89. The zero-order valence-electron chi connectivity index (χ0n) is 8.79. The van der Waals surface area contributed by atoms with Crippen LogP contribution in [0.5, 0.6) is 0 Å².